The van der Waals surface area contributed by atoms with Crippen LogP contribution in [0.1, 0.15) is 16.8 Å². The van der Waals surface area contributed by atoms with Crippen molar-refractivity contribution in [1.29, 1.82) is 0 Å². The van der Waals surface area contributed by atoms with Crippen molar-refractivity contribution in [3.63, 3.8) is 0 Å². The van der Waals surface area contributed by atoms with Gasteiger partial charge >= 0.3 is 0 Å². The topological polar surface area (TPSA) is 58.6 Å². The minimum Gasteiger partial charge on any atom is -0.497 e. The van der Waals surface area contributed by atoms with Gasteiger partial charge in [-0.3, -0.25) is 9.59 Å². The number of methoxy groups -OCH3 is 1. The minimum absolute atomic E-state index is 0.0312. The summed E-state index contributed by atoms with van der Waals surface area (Å²) in [6.07, 6.45) is 0.656. The number of carbonyl (C=O) groups excluding carboxylic acids is 2. The quantitative estimate of drug-likeness (QED) is 0.939. The Hall–Kier alpha value is -2.82. The average molecular weight is 324 g/mol. The van der Waals surface area contributed by atoms with E-state index in [1.165, 1.54) is 0 Å². The molecule has 0 spiro atoms. The van der Waals surface area contributed by atoms with Gasteiger partial charge in [0.25, 0.3) is 5.91 Å². The molecule has 5 nitrogen and oxygen atoms in total. The lowest BCUT2D eigenvalue weighted by Gasteiger charge is -2.12. The molecule has 0 radical (unpaired) electrons. The van der Waals surface area contributed by atoms with Crippen LogP contribution < -0.4 is 10.1 Å². The normalized spacial score (nSPS) is 17.0. The molecule has 0 aromatic heterocycles. The van der Waals surface area contributed by atoms with E-state index in [4.69, 9.17) is 4.74 Å². The Balaban J connectivity index is 1.72. The number of nitrogens with one attached hydrogen (secondary N) is 1. The number of likely N-dealkylation sites (N-methyl/N-ethyl adjacent to an activating group) is 1. The van der Waals surface area contributed by atoms with Gasteiger partial charge < -0.3 is 15.0 Å². The van der Waals surface area contributed by atoms with Crippen molar-refractivity contribution in [2.45, 2.75) is 12.5 Å². The monoisotopic (exact) mass is 324 g/mol. The van der Waals surface area contributed by atoms with Crippen molar-refractivity contribution in [2.24, 2.45) is 0 Å². The summed E-state index contributed by atoms with van der Waals surface area (Å²) in [7, 11) is 3.38. The Labute approximate surface area is 141 Å². The van der Waals surface area contributed by atoms with Crippen LogP contribution in [0, 0.1) is 0 Å². The molecule has 1 N–H and O–H groups in total. The molecule has 0 bridgehead atoms. The van der Waals surface area contributed by atoms with Crippen molar-refractivity contribution in [2.75, 3.05) is 20.7 Å². The van der Waals surface area contributed by atoms with Crippen molar-refractivity contribution in [1.82, 2.24) is 10.2 Å². The molecule has 5 heteroatoms. The van der Waals surface area contributed by atoms with E-state index in [-0.39, 0.29) is 11.8 Å². The van der Waals surface area contributed by atoms with Gasteiger partial charge in [0.05, 0.1) is 7.11 Å². The molecule has 1 aliphatic heterocycles. The number of amides is 2. The third-order valence-corrected chi connectivity index (χ3v) is 4.28. The van der Waals surface area contributed by atoms with E-state index >= 15 is 0 Å². The molecule has 24 heavy (non-hydrogen) atoms. The first-order chi connectivity index (χ1) is 11.6. The predicted molar refractivity (Wildman–Crippen MR) is 91.9 cm³/mol. The number of likely N-dealkylation sites (tertiary alicyclic amines) is 1. The molecule has 1 saturated heterocycles. The van der Waals surface area contributed by atoms with Gasteiger partial charge in [0.2, 0.25) is 5.91 Å². The second kappa shape index (κ2) is 6.74. The van der Waals surface area contributed by atoms with Gasteiger partial charge in [-0.25, -0.2) is 0 Å². The highest BCUT2D eigenvalue weighted by molar-refractivity contribution is 5.98. The first kappa shape index (κ1) is 16.1. The summed E-state index contributed by atoms with van der Waals surface area (Å²) in [5.41, 5.74) is 2.57. The van der Waals surface area contributed by atoms with Crippen LogP contribution in [0.5, 0.6) is 5.75 Å². The number of hydrogen-bond acceptors (Lipinski definition) is 3. The summed E-state index contributed by atoms with van der Waals surface area (Å²) in [6, 6.07) is 14.7. The van der Waals surface area contributed by atoms with Crippen LogP contribution in [0.15, 0.2) is 48.5 Å². The van der Waals surface area contributed by atoms with E-state index in [1.54, 1.807) is 31.2 Å². The zero-order valence-corrected chi connectivity index (χ0v) is 13.8. The largest absolute Gasteiger partial charge is 0.497 e. The molecule has 1 aliphatic rings. The van der Waals surface area contributed by atoms with Crippen molar-refractivity contribution < 1.29 is 14.3 Å². The average Bonchev–Trinajstić information content (AvgIpc) is 2.94. The molecule has 0 unspecified atom stereocenters. The molecule has 0 saturated carbocycles. The Morgan fingerprint density at radius 3 is 2.54 bits per heavy atom. The molecule has 1 atom stereocenters. The van der Waals surface area contributed by atoms with E-state index in [2.05, 4.69) is 5.32 Å². The van der Waals surface area contributed by atoms with Crippen LogP contribution in [0.3, 0.4) is 0 Å². The lowest BCUT2D eigenvalue weighted by atomic mass is 10.0. The summed E-state index contributed by atoms with van der Waals surface area (Å²) < 4.78 is 5.23. The van der Waals surface area contributed by atoms with E-state index in [0.29, 0.717) is 18.5 Å². The van der Waals surface area contributed by atoms with Crippen molar-refractivity contribution >= 4 is 11.8 Å². The molecule has 0 aliphatic carbocycles. The fraction of sp³-hybridized carbons (Fsp3) is 0.263. The maximum absolute atomic E-state index is 12.3. The zero-order chi connectivity index (χ0) is 17.1. The van der Waals surface area contributed by atoms with Crippen LogP contribution in [-0.4, -0.2) is 43.5 Å². The molecule has 2 amide bonds. The van der Waals surface area contributed by atoms with E-state index in [0.717, 1.165) is 16.9 Å². The lowest BCUT2D eigenvalue weighted by molar-refractivity contribution is -0.128. The third-order valence-electron chi connectivity index (χ3n) is 4.28. The standard InChI is InChI=1S/C19H20N2O3/c1-21-11-10-17(19(21)23)20-18(22)14-8-6-13(7-9-14)15-4-3-5-16(12-15)24-2/h3-9,12,17H,10-11H2,1-2H3,(H,20,22)/t17-/m0/s1. The lowest BCUT2D eigenvalue weighted by Crippen LogP contribution is -2.40. The van der Waals surface area contributed by atoms with E-state index in [9.17, 15) is 9.59 Å². The Bertz CT molecular complexity index is 755. The second-order valence-corrected chi connectivity index (χ2v) is 5.88. The summed E-state index contributed by atoms with van der Waals surface area (Å²) >= 11 is 0. The van der Waals surface area contributed by atoms with Gasteiger partial charge in [0.1, 0.15) is 11.8 Å². The number of rotatable bonds is 4. The molecule has 3 rings (SSSR count). The first-order valence-electron chi connectivity index (χ1n) is 7.89. The van der Waals surface area contributed by atoms with Crippen LogP contribution in [-0.2, 0) is 4.79 Å². The maximum atomic E-state index is 12.3. The fourth-order valence-corrected chi connectivity index (χ4v) is 2.81. The Morgan fingerprint density at radius 1 is 1.17 bits per heavy atom. The predicted octanol–water partition coefficient (Wildman–Crippen LogP) is 2.32. The van der Waals surface area contributed by atoms with Gasteiger partial charge in [0.15, 0.2) is 0 Å². The maximum Gasteiger partial charge on any atom is 0.251 e. The number of benzene rings is 2. The summed E-state index contributed by atoms with van der Waals surface area (Å²) in [5, 5.41) is 2.80. The van der Waals surface area contributed by atoms with Crippen molar-refractivity contribution in [3.05, 3.63) is 54.1 Å². The van der Waals surface area contributed by atoms with Gasteiger partial charge in [-0.1, -0.05) is 24.3 Å². The van der Waals surface area contributed by atoms with Gasteiger partial charge in [-0.05, 0) is 41.8 Å². The van der Waals surface area contributed by atoms with Crippen LogP contribution in [0.25, 0.3) is 11.1 Å². The highest BCUT2D eigenvalue weighted by atomic mass is 16.5. The fourth-order valence-electron chi connectivity index (χ4n) is 2.81. The zero-order valence-electron chi connectivity index (χ0n) is 13.8. The van der Waals surface area contributed by atoms with Gasteiger partial charge in [-0.2, -0.15) is 0 Å². The van der Waals surface area contributed by atoms with E-state index in [1.807, 2.05) is 36.4 Å². The molecular formula is C19H20N2O3. The van der Waals surface area contributed by atoms with Gasteiger partial charge in [-0.15, -0.1) is 0 Å². The highest BCUT2D eigenvalue weighted by Crippen LogP contribution is 2.24. The van der Waals surface area contributed by atoms with Crippen molar-refractivity contribution in [3.8, 4) is 16.9 Å². The first-order valence-corrected chi connectivity index (χ1v) is 7.89. The molecule has 1 fully saturated rings. The molecule has 124 valence electrons. The molecule has 1 heterocycles. The molecule has 2 aromatic carbocycles. The molecular weight excluding hydrogens is 304 g/mol. The highest BCUT2D eigenvalue weighted by Gasteiger charge is 2.30. The minimum atomic E-state index is -0.416. The van der Waals surface area contributed by atoms with Crippen LogP contribution >= 0.6 is 0 Å². The number of ether oxygens (including phenoxy) is 1. The smallest absolute Gasteiger partial charge is 0.251 e. The second-order valence-electron chi connectivity index (χ2n) is 5.88. The summed E-state index contributed by atoms with van der Waals surface area (Å²) in [4.78, 5) is 25.8. The summed E-state index contributed by atoms with van der Waals surface area (Å²) in [6.45, 7) is 0.679. The van der Waals surface area contributed by atoms with E-state index < -0.39 is 6.04 Å². The number of nitrogens with zero attached hydrogens (tertiary/aromatic N) is 1. The van der Waals surface area contributed by atoms with Gasteiger partial charge in [0, 0.05) is 19.2 Å². The SMILES string of the molecule is COc1cccc(-c2ccc(C(=O)N[C@H]3CCN(C)C3=O)cc2)c1. The van der Waals surface area contributed by atoms with Crippen LogP contribution in [0.2, 0.25) is 0 Å². The number of hydrogen-bond donors (Lipinski definition) is 1. The third kappa shape index (κ3) is 3.25. The van der Waals surface area contributed by atoms with Crippen LogP contribution in [0.4, 0.5) is 0 Å². The number of carbonyl (C=O) groups is 2. The Kier molecular flexibility index (Phi) is 4.51. The molecule has 2 aromatic rings. The Morgan fingerprint density at radius 2 is 1.92 bits per heavy atom. The summed E-state index contributed by atoms with van der Waals surface area (Å²) in [5.74, 6) is 0.537.